The first-order chi connectivity index (χ1) is 8.98. The summed E-state index contributed by atoms with van der Waals surface area (Å²) in [7, 11) is 0. The molecule has 0 spiro atoms. The lowest BCUT2D eigenvalue weighted by atomic mass is 9.74. The fourth-order valence-corrected chi connectivity index (χ4v) is 3.80. The van der Waals surface area contributed by atoms with Crippen LogP contribution in [0.1, 0.15) is 57.0 Å². The van der Waals surface area contributed by atoms with Gasteiger partial charge in [-0.25, -0.2) is 0 Å². The fourth-order valence-electron chi connectivity index (χ4n) is 3.80. The van der Waals surface area contributed by atoms with Crippen LogP contribution in [0, 0.1) is 11.3 Å². The number of nitrogens with zero attached hydrogens (tertiary/aromatic N) is 1. The first kappa shape index (κ1) is 13.2. The van der Waals surface area contributed by atoms with Gasteiger partial charge in [-0.05, 0) is 43.2 Å². The van der Waals surface area contributed by atoms with E-state index in [2.05, 4.69) is 37.6 Å². The standard InChI is InChI=1S/C16H26N2O/c1-11(12-5-7-19-10-12)18-6-4-13-14(17)8-16(2,3)9-15(13)18/h4,6,11-12,14H,5,7-10,17H2,1-3H3. The van der Waals surface area contributed by atoms with Crippen LogP contribution >= 0.6 is 0 Å². The zero-order valence-corrected chi connectivity index (χ0v) is 12.4. The molecule has 1 saturated heterocycles. The van der Waals surface area contributed by atoms with Crippen LogP contribution in [0.2, 0.25) is 0 Å². The Labute approximate surface area is 116 Å². The number of hydrogen-bond acceptors (Lipinski definition) is 2. The maximum atomic E-state index is 6.35. The van der Waals surface area contributed by atoms with Crippen molar-refractivity contribution in [2.75, 3.05) is 13.2 Å². The highest BCUT2D eigenvalue weighted by molar-refractivity contribution is 5.30. The minimum absolute atomic E-state index is 0.201. The molecular formula is C16H26N2O. The Kier molecular flexibility index (Phi) is 3.22. The van der Waals surface area contributed by atoms with Crippen LogP contribution < -0.4 is 5.73 Å². The molecule has 3 unspecified atom stereocenters. The monoisotopic (exact) mass is 262 g/mol. The van der Waals surface area contributed by atoms with Crippen LogP contribution in [-0.4, -0.2) is 17.8 Å². The quantitative estimate of drug-likeness (QED) is 0.890. The molecule has 0 amide bonds. The molecule has 0 radical (unpaired) electrons. The van der Waals surface area contributed by atoms with Crippen LogP contribution in [0.4, 0.5) is 0 Å². The summed E-state index contributed by atoms with van der Waals surface area (Å²) in [6.45, 7) is 8.81. The smallest absolute Gasteiger partial charge is 0.0514 e. The highest BCUT2D eigenvalue weighted by Crippen LogP contribution is 2.41. The van der Waals surface area contributed by atoms with Crippen molar-refractivity contribution < 1.29 is 4.74 Å². The molecule has 3 heteroatoms. The van der Waals surface area contributed by atoms with E-state index in [1.165, 1.54) is 17.7 Å². The number of rotatable bonds is 2. The topological polar surface area (TPSA) is 40.2 Å². The van der Waals surface area contributed by atoms with Gasteiger partial charge in [-0.3, -0.25) is 0 Å². The minimum Gasteiger partial charge on any atom is -0.381 e. The Morgan fingerprint density at radius 1 is 1.47 bits per heavy atom. The number of nitrogens with two attached hydrogens (primary N) is 1. The van der Waals surface area contributed by atoms with Crippen LogP contribution in [-0.2, 0) is 11.2 Å². The average molecular weight is 262 g/mol. The van der Waals surface area contributed by atoms with Gasteiger partial charge in [0.1, 0.15) is 0 Å². The highest BCUT2D eigenvalue weighted by Gasteiger charge is 2.34. The molecule has 106 valence electrons. The molecule has 0 bridgehead atoms. The second kappa shape index (κ2) is 4.64. The second-order valence-electron chi connectivity index (χ2n) is 7.14. The van der Waals surface area contributed by atoms with Crippen LogP contribution in [0.3, 0.4) is 0 Å². The van der Waals surface area contributed by atoms with Gasteiger partial charge in [0.2, 0.25) is 0 Å². The molecular weight excluding hydrogens is 236 g/mol. The highest BCUT2D eigenvalue weighted by atomic mass is 16.5. The van der Waals surface area contributed by atoms with Crippen molar-refractivity contribution in [3.8, 4) is 0 Å². The van der Waals surface area contributed by atoms with Crippen molar-refractivity contribution >= 4 is 0 Å². The summed E-state index contributed by atoms with van der Waals surface area (Å²) in [5.74, 6) is 0.651. The number of aromatic nitrogens is 1. The summed E-state index contributed by atoms with van der Waals surface area (Å²) < 4.78 is 8.01. The van der Waals surface area contributed by atoms with Gasteiger partial charge in [0, 0.05) is 36.5 Å². The Hall–Kier alpha value is -0.800. The van der Waals surface area contributed by atoms with E-state index in [0.29, 0.717) is 17.4 Å². The van der Waals surface area contributed by atoms with Crippen molar-refractivity contribution in [1.29, 1.82) is 0 Å². The predicted octanol–water partition coefficient (Wildman–Crippen LogP) is 3.06. The van der Waals surface area contributed by atoms with Gasteiger partial charge in [0.25, 0.3) is 0 Å². The third-order valence-electron chi connectivity index (χ3n) is 4.96. The SMILES string of the molecule is CC(C1CCOC1)n1ccc2c1CC(C)(C)CC2N. The third-order valence-corrected chi connectivity index (χ3v) is 4.96. The molecule has 2 heterocycles. The molecule has 3 nitrogen and oxygen atoms in total. The van der Waals surface area contributed by atoms with Gasteiger partial charge in [-0.15, -0.1) is 0 Å². The van der Waals surface area contributed by atoms with Crippen molar-refractivity contribution in [3.05, 3.63) is 23.5 Å². The molecule has 0 saturated carbocycles. The average Bonchev–Trinajstić information content (AvgIpc) is 2.94. The fraction of sp³-hybridized carbons (Fsp3) is 0.750. The van der Waals surface area contributed by atoms with E-state index >= 15 is 0 Å². The molecule has 19 heavy (non-hydrogen) atoms. The Bertz CT molecular complexity index is 457. The molecule has 1 aliphatic carbocycles. The predicted molar refractivity (Wildman–Crippen MR) is 77.1 cm³/mol. The first-order valence-corrected chi connectivity index (χ1v) is 7.51. The summed E-state index contributed by atoms with van der Waals surface area (Å²) in [5, 5.41) is 0. The van der Waals surface area contributed by atoms with E-state index in [4.69, 9.17) is 10.5 Å². The maximum absolute atomic E-state index is 6.35. The first-order valence-electron chi connectivity index (χ1n) is 7.51. The van der Waals surface area contributed by atoms with Crippen molar-refractivity contribution in [1.82, 2.24) is 4.57 Å². The van der Waals surface area contributed by atoms with E-state index < -0.39 is 0 Å². The molecule has 0 aromatic carbocycles. The van der Waals surface area contributed by atoms with Crippen LogP contribution in [0.5, 0.6) is 0 Å². The van der Waals surface area contributed by atoms with Gasteiger partial charge in [0.15, 0.2) is 0 Å². The zero-order chi connectivity index (χ0) is 13.6. The molecule has 3 rings (SSSR count). The van der Waals surface area contributed by atoms with Crippen molar-refractivity contribution in [3.63, 3.8) is 0 Å². The van der Waals surface area contributed by atoms with E-state index in [-0.39, 0.29) is 6.04 Å². The van der Waals surface area contributed by atoms with E-state index in [1.54, 1.807) is 0 Å². The molecule has 2 N–H and O–H groups in total. The summed E-state index contributed by atoms with van der Waals surface area (Å²) >= 11 is 0. The van der Waals surface area contributed by atoms with Crippen molar-refractivity contribution in [2.45, 2.75) is 52.1 Å². The number of hydrogen-bond donors (Lipinski definition) is 1. The molecule has 1 fully saturated rings. The van der Waals surface area contributed by atoms with Crippen LogP contribution in [0.15, 0.2) is 12.3 Å². The lowest BCUT2D eigenvalue weighted by Crippen LogP contribution is -2.31. The molecule has 1 aliphatic heterocycles. The third kappa shape index (κ3) is 2.34. The van der Waals surface area contributed by atoms with Gasteiger partial charge in [-0.1, -0.05) is 13.8 Å². The maximum Gasteiger partial charge on any atom is 0.0514 e. The Morgan fingerprint density at radius 3 is 2.95 bits per heavy atom. The number of fused-ring (bicyclic) bond motifs is 1. The minimum atomic E-state index is 0.201. The molecule has 1 aromatic rings. The lowest BCUT2D eigenvalue weighted by molar-refractivity contribution is 0.173. The molecule has 1 aromatic heterocycles. The number of ether oxygens (including phenoxy) is 1. The Morgan fingerprint density at radius 2 is 2.26 bits per heavy atom. The largest absolute Gasteiger partial charge is 0.381 e. The summed E-state index contributed by atoms with van der Waals surface area (Å²) in [6, 6.07) is 2.96. The van der Waals surface area contributed by atoms with E-state index in [9.17, 15) is 0 Å². The van der Waals surface area contributed by atoms with Gasteiger partial charge in [-0.2, -0.15) is 0 Å². The molecule has 2 aliphatic rings. The second-order valence-corrected chi connectivity index (χ2v) is 7.14. The molecule has 3 atom stereocenters. The summed E-state index contributed by atoms with van der Waals surface area (Å²) in [6.07, 6.45) is 5.66. The van der Waals surface area contributed by atoms with Crippen molar-refractivity contribution in [2.24, 2.45) is 17.1 Å². The van der Waals surface area contributed by atoms with Gasteiger partial charge < -0.3 is 15.0 Å². The van der Waals surface area contributed by atoms with Gasteiger partial charge >= 0.3 is 0 Å². The van der Waals surface area contributed by atoms with E-state index in [0.717, 1.165) is 26.1 Å². The van der Waals surface area contributed by atoms with Gasteiger partial charge in [0.05, 0.1) is 6.61 Å². The summed E-state index contributed by atoms with van der Waals surface area (Å²) in [4.78, 5) is 0. The van der Waals surface area contributed by atoms with Crippen LogP contribution in [0.25, 0.3) is 0 Å². The van der Waals surface area contributed by atoms with E-state index in [1.807, 2.05) is 0 Å². The normalized spacial score (nSPS) is 31.2. The summed E-state index contributed by atoms with van der Waals surface area (Å²) in [5.41, 5.74) is 9.49. The lowest BCUT2D eigenvalue weighted by Gasteiger charge is -2.36. The zero-order valence-electron chi connectivity index (χ0n) is 12.4. The Balaban J connectivity index is 1.92.